The van der Waals surface area contributed by atoms with Crippen molar-refractivity contribution in [3.05, 3.63) is 65.7 Å². The molecule has 1 heterocycles. The van der Waals surface area contributed by atoms with E-state index in [-0.39, 0.29) is 29.5 Å². The third-order valence-electron chi connectivity index (χ3n) is 5.02. The molecule has 0 spiro atoms. The Balaban J connectivity index is 1.39. The summed E-state index contributed by atoms with van der Waals surface area (Å²) in [4.78, 5) is 28.8. The number of pyridine rings is 1. The quantitative estimate of drug-likeness (QED) is 0.822. The van der Waals surface area contributed by atoms with Gasteiger partial charge in [-0.2, -0.15) is 0 Å². The van der Waals surface area contributed by atoms with E-state index in [2.05, 4.69) is 15.6 Å². The van der Waals surface area contributed by atoms with Crippen LogP contribution in [0.2, 0.25) is 0 Å². The maximum atomic E-state index is 12.9. The van der Waals surface area contributed by atoms with Crippen molar-refractivity contribution in [1.29, 1.82) is 0 Å². The van der Waals surface area contributed by atoms with E-state index in [0.717, 1.165) is 11.3 Å². The first-order valence-corrected chi connectivity index (χ1v) is 9.31. The summed E-state index contributed by atoms with van der Waals surface area (Å²) >= 11 is 0. The Morgan fingerprint density at radius 2 is 1.48 bits per heavy atom. The summed E-state index contributed by atoms with van der Waals surface area (Å²) in [6.07, 6.45) is 4.54. The minimum Gasteiger partial charge on any atom is -0.352 e. The molecular formula is C21H24FN3O2. The van der Waals surface area contributed by atoms with Crippen molar-refractivity contribution in [3.63, 3.8) is 0 Å². The van der Waals surface area contributed by atoms with E-state index in [4.69, 9.17) is 0 Å². The van der Waals surface area contributed by atoms with Crippen molar-refractivity contribution in [1.82, 2.24) is 15.6 Å². The number of hydrogen-bond acceptors (Lipinski definition) is 3. The molecule has 5 nitrogen and oxygen atoms in total. The number of hydrogen-bond donors (Lipinski definition) is 2. The fourth-order valence-corrected chi connectivity index (χ4v) is 3.38. The van der Waals surface area contributed by atoms with Gasteiger partial charge in [0, 0.05) is 24.6 Å². The molecule has 0 unspecified atom stereocenters. The second-order valence-corrected chi connectivity index (χ2v) is 6.93. The lowest BCUT2D eigenvalue weighted by Gasteiger charge is -2.27. The van der Waals surface area contributed by atoms with Crippen molar-refractivity contribution in [2.45, 2.75) is 38.8 Å². The Bertz CT molecular complexity index is 757. The third-order valence-corrected chi connectivity index (χ3v) is 5.02. The molecule has 0 atom stereocenters. The van der Waals surface area contributed by atoms with Gasteiger partial charge in [-0.25, -0.2) is 4.39 Å². The highest BCUT2D eigenvalue weighted by atomic mass is 19.1. The zero-order valence-electron chi connectivity index (χ0n) is 15.2. The number of aromatic nitrogens is 1. The normalized spacial score (nSPS) is 19.3. The molecule has 2 aromatic rings. The molecule has 0 radical (unpaired) electrons. The van der Waals surface area contributed by atoms with Crippen molar-refractivity contribution in [3.8, 4) is 0 Å². The Morgan fingerprint density at radius 1 is 0.889 bits per heavy atom. The molecule has 1 aromatic carbocycles. The van der Waals surface area contributed by atoms with E-state index in [1.54, 1.807) is 18.3 Å². The summed E-state index contributed by atoms with van der Waals surface area (Å²) < 4.78 is 12.9. The summed E-state index contributed by atoms with van der Waals surface area (Å²) in [5.41, 5.74) is 1.70. The van der Waals surface area contributed by atoms with Crippen LogP contribution in [0.25, 0.3) is 0 Å². The lowest BCUT2D eigenvalue weighted by molar-refractivity contribution is -0.130. The fraction of sp³-hybridized carbons (Fsp3) is 0.381. The van der Waals surface area contributed by atoms with E-state index in [9.17, 15) is 14.0 Å². The van der Waals surface area contributed by atoms with Gasteiger partial charge < -0.3 is 10.6 Å². The van der Waals surface area contributed by atoms with Gasteiger partial charge in [-0.3, -0.25) is 14.6 Å². The maximum absolute atomic E-state index is 12.9. The van der Waals surface area contributed by atoms with Crippen LogP contribution < -0.4 is 10.6 Å². The van der Waals surface area contributed by atoms with Gasteiger partial charge >= 0.3 is 0 Å². The predicted octanol–water partition coefficient (Wildman–Crippen LogP) is 2.96. The van der Waals surface area contributed by atoms with Gasteiger partial charge in [-0.15, -0.1) is 0 Å². The number of rotatable bonds is 6. The Kier molecular flexibility index (Phi) is 6.52. The Labute approximate surface area is 158 Å². The number of nitrogens with zero attached hydrogens (tertiary/aromatic N) is 1. The monoisotopic (exact) mass is 369 g/mol. The number of halogens is 1. The van der Waals surface area contributed by atoms with E-state index in [1.807, 2.05) is 18.2 Å². The largest absolute Gasteiger partial charge is 0.352 e. The molecule has 2 N–H and O–H groups in total. The average molecular weight is 369 g/mol. The van der Waals surface area contributed by atoms with Crippen LogP contribution in [0.1, 0.15) is 36.9 Å². The zero-order chi connectivity index (χ0) is 19.1. The third kappa shape index (κ3) is 5.61. The molecule has 1 saturated carbocycles. The van der Waals surface area contributed by atoms with Gasteiger partial charge in [0.1, 0.15) is 5.82 Å². The second-order valence-electron chi connectivity index (χ2n) is 6.93. The molecule has 3 rings (SSSR count). The van der Waals surface area contributed by atoms with E-state index in [0.29, 0.717) is 38.8 Å². The van der Waals surface area contributed by atoms with Crippen LogP contribution in [0.3, 0.4) is 0 Å². The number of carbonyl (C=O) groups excluding carboxylic acids is 2. The van der Waals surface area contributed by atoms with E-state index in [1.165, 1.54) is 12.1 Å². The van der Waals surface area contributed by atoms with Crippen molar-refractivity contribution < 1.29 is 14.0 Å². The first-order valence-electron chi connectivity index (χ1n) is 9.31. The molecule has 1 aromatic heterocycles. The predicted molar refractivity (Wildman–Crippen MR) is 99.8 cm³/mol. The maximum Gasteiger partial charge on any atom is 0.223 e. The summed E-state index contributed by atoms with van der Waals surface area (Å²) in [6.45, 7) is 0.821. The smallest absolute Gasteiger partial charge is 0.223 e. The number of carbonyl (C=O) groups is 2. The van der Waals surface area contributed by atoms with Gasteiger partial charge in [0.2, 0.25) is 11.8 Å². The molecule has 0 bridgehead atoms. The molecule has 27 heavy (non-hydrogen) atoms. The SMILES string of the molecule is O=C(NCc1ccc(F)cc1)C1CCC(C(=O)NCc2ccccn2)CC1. The number of benzene rings is 1. The van der Waals surface area contributed by atoms with Crippen molar-refractivity contribution >= 4 is 11.8 Å². The average Bonchev–Trinajstić information content (AvgIpc) is 2.72. The summed E-state index contributed by atoms with van der Waals surface area (Å²) in [5, 5.41) is 5.84. The first-order chi connectivity index (χ1) is 13.1. The molecule has 0 saturated heterocycles. The molecule has 1 fully saturated rings. The molecule has 2 amide bonds. The molecule has 0 aliphatic heterocycles. The highest BCUT2D eigenvalue weighted by Gasteiger charge is 2.29. The van der Waals surface area contributed by atoms with Crippen LogP contribution in [-0.2, 0) is 22.7 Å². The minimum absolute atomic E-state index is 0.00617. The summed E-state index contributed by atoms with van der Waals surface area (Å²) in [5.74, 6) is -0.359. The minimum atomic E-state index is -0.287. The van der Waals surface area contributed by atoms with Gasteiger partial charge in [0.15, 0.2) is 0 Å². The molecular weight excluding hydrogens is 345 g/mol. The number of nitrogens with one attached hydrogen (secondary N) is 2. The van der Waals surface area contributed by atoms with Crippen LogP contribution in [0, 0.1) is 17.7 Å². The van der Waals surface area contributed by atoms with Gasteiger partial charge in [-0.1, -0.05) is 18.2 Å². The molecule has 1 aliphatic carbocycles. The van der Waals surface area contributed by atoms with Gasteiger partial charge in [-0.05, 0) is 55.5 Å². The van der Waals surface area contributed by atoms with Crippen molar-refractivity contribution in [2.75, 3.05) is 0 Å². The van der Waals surface area contributed by atoms with Crippen LogP contribution in [0.15, 0.2) is 48.7 Å². The second kappa shape index (κ2) is 9.26. The lowest BCUT2D eigenvalue weighted by Crippen LogP contribution is -2.37. The summed E-state index contributed by atoms with van der Waals surface area (Å²) in [7, 11) is 0. The molecule has 6 heteroatoms. The fourth-order valence-electron chi connectivity index (χ4n) is 3.38. The zero-order valence-corrected chi connectivity index (χ0v) is 15.2. The lowest BCUT2D eigenvalue weighted by atomic mass is 9.81. The van der Waals surface area contributed by atoms with Crippen LogP contribution in [0.5, 0.6) is 0 Å². The standard InChI is InChI=1S/C21H24FN3O2/c22-18-10-4-15(5-11-18)13-24-20(26)16-6-8-17(9-7-16)21(27)25-14-19-3-1-2-12-23-19/h1-5,10-12,16-17H,6-9,13-14H2,(H,24,26)(H,25,27). The highest BCUT2D eigenvalue weighted by molar-refractivity contribution is 5.81. The van der Waals surface area contributed by atoms with Gasteiger partial charge in [0.05, 0.1) is 12.2 Å². The summed E-state index contributed by atoms with van der Waals surface area (Å²) in [6, 6.07) is 11.7. The van der Waals surface area contributed by atoms with Crippen LogP contribution in [0.4, 0.5) is 4.39 Å². The molecule has 1 aliphatic rings. The van der Waals surface area contributed by atoms with Crippen molar-refractivity contribution in [2.24, 2.45) is 11.8 Å². The Hall–Kier alpha value is -2.76. The highest BCUT2D eigenvalue weighted by Crippen LogP contribution is 2.29. The van der Waals surface area contributed by atoms with E-state index < -0.39 is 0 Å². The first kappa shape index (κ1) is 19.0. The van der Waals surface area contributed by atoms with E-state index >= 15 is 0 Å². The van der Waals surface area contributed by atoms with Crippen LogP contribution in [-0.4, -0.2) is 16.8 Å². The topological polar surface area (TPSA) is 71.1 Å². The number of amides is 2. The van der Waals surface area contributed by atoms with Gasteiger partial charge in [0.25, 0.3) is 0 Å². The van der Waals surface area contributed by atoms with Crippen LogP contribution >= 0.6 is 0 Å². The molecule has 142 valence electrons. The Morgan fingerprint density at radius 3 is 2.04 bits per heavy atom.